The lowest BCUT2D eigenvalue weighted by Gasteiger charge is -2.34. The predicted molar refractivity (Wildman–Crippen MR) is 57.3 cm³/mol. The molecule has 1 aliphatic heterocycles. The second kappa shape index (κ2) is 4.61. The fourth-order valence-electron chi connectivity index (χ4n) is 1.72. The largest absolute Gasteiger partial charge is 0.353 e. The first-order valence-corrected chi connectivity index (χ1v) is 5.28. The molecule has 5 nitrogen and oxygen atoms in total. The van der Waals surface area contributed by atoms with Gasteiger partial charge in [-0.2, -0.15) is 0 Å². The van der Waals surface area contributed by atoms with Gasteiger partial charge in [-0.1, -0.05) is 6.92 Å². The van der Waals surface area contributed by atoms with Crippen molar-refractivity contribution >= 4 is 11.8 Å². The van der Waals surface area contributed by atoms with E-state index in [0.717, 1.165) is 6.54 Å². The van der Waals surface area contributed by atoms with E-state index in [1.165, 1.54) is 0 Å². The van der Waals surface area contributed by atoms with Gasteiger partial charge in [0.15, 0.2) is 0 Å². The van der Waals surface area contributed by atoms with E-state index < -0.39 is 5.54 Å². The van der Waals surface area contributed by atoms with E-state index in [9.17, 15) is 9.59 Å². The van der Waals surface area contributed by atoms with E-state index in [-0.39, 0.29) is 18.4 Å². The first kappa shape index (κ1) is 12.0. The molecule has 0 atom stereocenters. The number of nitrogens with zero attached hydrogens (tertiary/aromatic N) is 1. The van der Waals surface area contributed by atoms with Crippen molar-refractivity contribution in [3.8, 4) is 0 Å². The van der Waals surface area contributed by atoms with Crippen LogP contribution in [0.2, 0.25) is 0 Å². The highest BCUT2D eigenvalue weighted by atomic mass is 16.2. The van der Waals surface area contributed by atoms with Gasteiger partial charge in [0.2, 0.25) is 11.8 Å². The number of likely N-dealkylation sites (N-methyl/N-ethyl adjacent to an activating group) is 1. The van der Waals surface area contributed by atoms with Gasteiger partial charge in [-0.3, -0.25) is 9.59 Å². The van der Waals surface area contributed by atoms with Crippen molar-refractivity contribution in [2.75, 3.05) is 26.2 Å². The van der Waals surface area contributed by atoms with Gasteiger partial charge in [-0.25, -0.2) is 0 Å². The quantitative estimate of drug-likeness (QED) is 0.654. The third kappa shape index (κ3) is 2.92. The minimum atomic E-state index is -0.591. The van der Waals surface area contributed by atoms with Crippen LogP contribution in [0.4, 0.5) is 0 Å². The average molecular weight is 213 g/mol. The molecule has 2 N–H and O–H groups in total. The molecule has 1 fully saturated rings. The van der Waals surface area contributed by atoms with E-state index in [1.54, 1.807) is 4.90 Å². The number of rotatable bonds is 3. The summed E-state index contributed by atoms with van der Waals surface area (Å²) in [6.45, 7) is 7.69. The number of carbonyl (C=O) groups is 2. The minimum absolute atomic E-state index is 0.0146. The van der Waals surface area contributed by atoms with E-state index in [4.69, 9.17) is 0 Å². The van der Waals surface area contributed by atoms with Crippen molar-refractivity contribution in [3.05, 3.63) is 0 Å². The van der Waals surface area contributed by atoms with Crippen LogP contribution in [0.25, 0.3) is 0 Å². The molecule has 5 heteroatoms. The van der Waals surface area contributed by atoms with Crippen LogP contribution >= 0.6 is 0 Å². The molecule has 1 aliphatic rings. The molecule has 0 radical (unpaired) electrons. The van der Waals surface area contributed by atoms with E-state index in [2.05, 4.69) is 10.6 Å². The lowest BCUT2D eigenvalue weighted by Crippen LogP contribution is -2.59. The first-order chi connectivity index (χ1) is 6.97. The zero-order valence-electron chi connectivity index (χ0n) is 9.59. The maximum absolute atomic E-state index is 12.0. The Labute approximate surface area is 90.2 Å². The lowest BCUT2D eigenvalue weighted by atomic mass is 10.0. The van der Waals surface area contributed by atoms with E-state index in [1.807, 2.05) is 20.8 Å². The standard InChI is InChI=1S/C10H19N3O2/c1-4-12-10(2,3)9(15)13-6-5-11-8(14)7-13/h12H,4-7H2,1-3H3,(H,11,14). The molecule has 1 heterocycles. The van der Waals surface area contributed by atoms with Crippen LogP contribution in [-0.2, 0) is 9.59 Å². The zero-order chi connectivity index (χ0) is 11.5. The maximum Gasteiger partial charge on any atom is 0.242 e. The molecule has 0 unspecified atom stereocenters. The molecular weight excluding hydrogens is 194 g/mol. The molecule has 0 bridgehead atoms. The van der Waals surface area contributed by atoms with Gasteiger partial charge >= 0.3 is 0 Å². The number of piperazine rings is 1. The van der Waals surface area contributed by atoms with Gasteiger partial charge in [0.25, 0.3) is 0 Å². The highest BCUT2D eigenvalue weighted by Crippen LogP contribution is 2.08. The maximum atomic E-state index is 12.0. The number of hydrogen-bond acceptors (Lipinski definition) is 3. The zero-order valence-corrected chi connectivity index (χ0v) is 9.59. The third-order valence-corrected chi connectivity index (χ3v) is 2.48. The van der Waals surface area contributed by atoms with Crippen LogP contribution in [0.15, 0.2) is 0 Å². The summed E-state index contributed by atoms with van der Waals surface area (Å²) in [6.07, 6.45) is 0. The Hall–Kier alpha value is -1.10. The smallest absolute Gasteiger partial charge is 0.242 e. The van der Waals surface area contributed by atoms with Crippen molar-refractivity contribution in [1.82, 2.24) is 15.5 Å². The molecule has 1 rings (SSSR count). The summed E-state index contributed by atoms with van der Waals surface area (Å²) in [5.41, 5.74) is -0.591. The number of nitrogens with one attached hydrogen (secondary N) is 2. The van der Waals surface area contributed by atoms with Crippen LogP contribution in [0, 0.1) is 0 Å². The van der Waals surface area contributed by atoms with Gasteiger partial charge < -0.3 is 15.5 Å². The average Bonchev–Trinajstić information content (AvgIpc) is 2.16. The number of carbonyl (C=O) groups excluding carboxylic acids is 2. The SMILES string of the molecule is CCNC(C)(C)C(=O)N1CCNC(=O)C1. The van der Waals surface area contributed by atoms with Gasteiger partial charge in [0, 0.05) is 13.1 Å². The predicted octanol–water partition coefficient (Wildman–Crippen LogP) is -0.667. The van der Waals surface area contributed by atoms with Gasteiger partial charge in [-0.15, -0.1) is 0 Å². The summed E-state index contributed by atoms with van der Waals surface area (Å²) in [5, 5.41) is 5.81. The molecule has 1 saturated heterocycles. The molecule has 86 valence electrons. The molecule has 0 aromatic rings. The monoisotopic (exact) mass is 213 g/mol. The van der Waals surface area contributed by atoms with Crippen LogP contribution < -0.4 is 10.6 Å². The minimum Gasteiger partial charge on any atom is -0.353 e. The van der Waals surface area contributed by atoms with Gasteiger partial charge in [-0.05, 0) is 20.4 Å². The Balaban J connectivity index is 2.62. The molecular formula is C10H19N3O2. The second-order valence-electron chi connectivity index (χ2n) is 4.23. The summed E-state index contributed by atoms with van der Waals surface area (Å²) in [6, 6.07) is 0. The second-order valence-corrected chi connectivity index (χ2v) is 4.23. The molecule has 0 saturated carbocycles. The Morgan fingerprint density at radius 2 is 2.27 bits per heavy atom. The lowest BCUT2D eigenvalue weighted by molar-refractivity contribution is -0.142. The van der Waals surface area contributed by atoms with Crippen molar-refractivity contribution in [2.45, 2.75) is 26.3 Å². The number of amides is 2. The Bertz CT molecular complexity index is 263. The Morgan fingerprint density at radius 1 is 1.60 bits per heavy atom. The van der Waals surface area contributed by atoms with Crippen molar-refractivity contribution < 1.29 is 9.59 Å². The summed E-state index contributed by atoms with van der Waals surface area (Å²) in [4.78, 5) is 24.8. The topological polar surface area (TPSA) is 61.4 Å². The molecule has 15 heavy (non-hydrogen) atoms. The van der Waals surface area contributed by atoms with E-state index >= 15 is 0 Å². The van der Waals surface area contributed by atoms with Crippen molar-refractivity contribution in [1.29, 1.82) is 0 Å². The molecule has 0 aromatic carbocycles. The highest BCUT2D eigenvalue weighted by Gasteiger charge is 2.33. The summed E-state index contributed by atoms with van der Waals surface area (Å²) < 4.78 is 0. The van der Waals surface area contributed by atoms with Gasteiger partial charge in [0.05, 0.1) is 12.1 Å². The normalized spacial score (nSPS) is 17.5. The molecule has 0 spiro atoms. The van der Waals surface area contributed by atoms with Gasteiger partial charge in [0.1, 0.15) is 0 Å². The van der Waals surface area contributed by atoms with Crippen LogP contribution in [0.5, 0.6) is 0 Å². The summed E-state index contributed by atoms with van der Waals surface area (Å²) in [5.74, 6) is -0.0962. The summed E-state index contributed by atoms with van der Waals surface area (Å²) >= 11 is 0. The number of hydrogen-bond donors (Lipinski definition) is 2. The fourth-order valence-corrected chi connectivity index (χ4v) is 1.72. The van der Waals surface area contributed by atoms with Crippen molar-refractivity contribution in [2.24, 2.45) is 0 Å². The van der Waals surface area contributed by atoms with Crippen LogP contribution in [0.1, 0.15) is 20.8 Å². The van der Waals surface area contributed by atoms with Crippen LogP contribution in [-0.4, -0.2) is 48.4 Å². The van der Waals surface area contributed by atoms with Crippen molar-refractivity contribution in [3.63, 3.8) is 0 Å². The fraction of sp³-hybridized carbons (Fsp3) is 0.800. The summed E-state index contributed by atoms with van der Waals surface area (Å²) in [7, 11) is 0. The first-order valence-electron chi connectivity index (χ1n) is 5.28. The highest BCUT2D eigenvalue weighted by molar-refractivity contribution is 5.90. The van der Waals surface area contributed by atoms with Crippen LogP contribution in [0.3, 0.4) is 0 Å². The molecule has 0 aliphatic carbocycles. The Morgan fingerprint density at radius 3 is 2.80 bits per heavy atom. The Kier molecular flexibility index (Phi) is 3.68. The molecule has 0 aromatic heterocycles. The molecule has 2 amide bonds. The third-order valence-electron chi connectivity index (χ3n) is 2.48. The van der Waals surface area contributed by atoms with E-state index in [0.29, 0.717) is 13.1 Å².